The van der Waals surface area contributed by atoms with E-state index in [2.05, 4.69) is 10.6 Å². The molecule has 0 fully saturated rings. The van der Waals surface area contributed by atoms with Crippen molar-refractivity contribution in [2.75, 3.05) is 41.1 Å². The highest BCUT2D eigenvalue weighted by atomic mass is 16.6. The van der Waals surface area contributed by atoms with Crippen molar-refractivity contribution in [3.63, 3.8) is 0 Å². The van der Waals surface area contributed by atoms with Crippen LogP contribution in [0.2, 0.25) is 0 Å². The maximum atomic E-state index is 12.5. The zero-order valence-electron chi connectivity index (χ0n) is 17.9. The molecule has 1 atom stereocenters. The number of benzene rings is 2. The smallest absolute Gasteiger partial charge is 0.251 e. The van der Waals surface area contributed by atoms with Gasteiger partial charge in [-0.25, -0.2) is 0 Å². The maximum Gasteiger partial charge on any atom is 0.251 e. The van der Waals surface area contributed by atoms with E-state index in [9.17, 15) is 9.59 Å². The molecule has 0 radical (unpaired) electrons. The molecule has 9 heteroatoms. The first kappa shape index (κ1) is 22.1. The molecule has 0 spiro atoms. The highest BCUT2D eigenvalue weighted by Crippen LogP contribution is 2.38. The third-order valence-corrected chi connectivity index (χ3v) is 4.78. The Hall–Kier alpha value is -3.62. The SMILES string of the molecule is COc1cc(C(=O)NCC(=O)NC(C)c2ccc3c(c2)OCCO3)cc(OC)c1OC. The Morgan fingerprint density at radius 1 is 0.968 bits per heavy atom. The number of ether oxygens (including phenoxy) is 5. The van der Waals surface area contributed by atoms with Gasteiger partial charge >= 0.3 is 0 Å². The van der Waals surface area contributed by atoms with Gasteiger partial charge < -0.3 is 34.3 Å². The van der Waals surface area contributed by atoms with E-state index in [1.54, 1.807) is 0 Å². The van der Waals surface area contributed by atoms with E-state index in [1.807, 2.05) is 25.1 Å². The number of hydrogen-bond acceptors (Lipinski definition) is 7. The molecule has 0 saturated heterocycles. The van der Waals surface area contributed by atoms with Crippen LogP contribution < -0.4 is 34.3 Å². The van der Waals surface area contributed by atoms with Crippen molar-refractivity contribution < 1.29 is 33.3 Å². The van der Waals surface area contributed by atoms with Gasteiger partial charge in [0.15, 0.2) is 23.0 Å². The van der Waals surface area contributed by atoms with Crippen LogP contribution in [-0.4, -0.2) is 52.9 Å². The summed E-state index contributed by atoms with van der Waals surface area (Å²) in [5.41, 5.74) is 1.15. The fraction of sp³-hybridized carbons (Fsp3) is 0.364. The second kappa shape index (κ2) is 9.92. The zero-order chi connectivity index (χ0) is 22.4. The predicted molar refractivity (Wildman–Crippen MR) is 112 cm³/mol. The molecule has 0 aromatic heterocycles. The van der Waals surface area contributed by atoms with Crippen molar-refractivity contribution in [2.45, 2.75) is 13.0 Å². The third-order valence-electron chi connectivity index (χ3n) is 4.78. The summed E-state index contributed by atoms with van der Waals surface area (Å²) in [6, 6.07) is 8.29. The van der Waals surface area contributed by atoms with E-state index < -0.39 is 5.91 Å². The number of hydrogen-bond donors (Lipinski definition) is 2. The van der Waals surface area contributed by atoms with Gasteiger partial charge in [-0.15, -0.1) is 0 Å². The first-order valence-corrected chi connectivity index (χ1v) is 9.74. The molecular weight excluding hydrogens is 404 g/mol. The van der Waals surface area contributed by atoms with Crippen LogP contribution in [-0.2, 0) is 4.79 Å². The molecular formula is C22H26N2O7. The summed E-state index contributed by atoms with van der Waals surface area (Å²) in [6.45, 7) is 2.67. The van der Waals surface area contributed by atoms with Gasteiger partial charge in [-0.3, -0.25) is 9.59 Å². The minimum Gasteiger partial charge on any atom is -0.493 e. The van der Waals surface area contributed by atoms with Gasteiger partial charge in [0.05, 0.1) is 33.9 Å². The van der Waals surface area contributed by atoms with Gasteiger partial charge in [-0.2, -0.15) is 0 Å². The summed E-state index contributed by atoms with van der Waals surface area (Å²) in [7, 11) is 4.41. The minimum absolute atomic E-state index is 0.190. The van der Waals surface area contributed by atoms with Gasteiger partial charge in [0, 0.05) is 5.56 Å². The largest absolute Gasteiger partial charge is 0.493 e. The van der Waals surface area contributed by atoms with Crippen molar-refractivity contribution in [1.82, 2.24) is 10.6 Å². The summed E-state index contributed by atoms with van der Waals surface area (Å²) >= 11 is 0. The molecule has 31 heavy (non-hydrogen) atoms. The lowest BCUT2D eigenvalue weighted by molar-refractivity contribution is -0.120. The molecule has 0 saturated carbocycles. The molecule has 0 bridgehead atoms. The number of methoxy groups -OCH3 is 3. The topological polar surface area (TPSA) is 104 Å². The first-order valence-electron chi connectivity index (χ1n) is 9.74. The first-order chi connectivity index (χ1) is 15.0. The molecule has 3 rings (SSSR count). The Bertz CT molecular complexity index is 936. The lowest BCUT2D eigenvalue weighted by atomic mass is 10.1. The molecule has 2 aromatic carbocycles. The average molecular weight is 430 g/mol. The highest BCUT2D eigenvalue weighted by Gasteiger charge is 2.19. The van der Waals surface area contributed by atoms with Crippen LogP contribution in [0.15, 0.2) is 30.3 Å². The summed E-state index contributed by atoms with van der Waals surface area (Å²) in [5.74, 6) is 1.65. The van der Waals surface area contributed by atoms with Crippen molar-refractivity contribution in [3.8, 4) is 28.7 Å². The molecule has 166 valence electrons. The van der Waals surface area contributed by atoms with Crippen LogP contribution >= 0.6 is 0 Å². The van der Waals surface area contributed by atoms with Crippen LogP contribution in [0.25, 0.3) is 0 Å². The van der Waals surface area contributed by atoms with Crippen LogP contribution in [0.1, 0.15) is 28.9 Å². The Balaban J connectivity index is 1.60. The summed E-state index contributed by atoms with van der Waals surface area (Å²) < 4.78 is 26.8. The Labute approximate surface area is 180 Å². The van der Waals surface area contributed by atoms with Gasteiger partial charge in [0.1, 0.15) is 13.2 Å². The van der Waals surface area contributed by atoms with Crippen LogP contribution in [0.5, 0.6) is 28.7 Å². The molecule has 2 aromatic rings. The average Bonchev–Trinajstić information content (AvgIpc) is 2.80. The van der Waals surface area contributed by atoms with Crippen molar-refractivity contribution >= 4 is 11.8 Å². The second-order valence-electron chi connectivity index (χ2n) is 6.79. The summed E-state index contributed by atoms with van der Waals surface area (Å²) in [4.78, 5) is 24.9. The molecule has 2 amide bonds. The Kier molecular flexibility index (Phi) is 7.07. The van der Waals surface area contributed by atoms with Gasteiger partial charge in [-0.05, 0) is 36.8 Å². The van der Waals surface area contributed by atoms with E-state index in [1.165, 1.54) is 33.5 Å². The third kappa shape index (κ3) is 5.11. The van der Waals surface area contributed by atoms with E-state index in [0.717, 1.165) is 5.56 Å². The number of fused-ring (bicyclic) bond motifs is 1. The second-order valence-corrected chi connectivity index (χ2v) is 6.79. The number of nitrogens with one attached hydrogen (secondary N) is 2. The standard InChI is InChI=1S/C22H26N2O7/c1-13(14-5-6-16-17(9-14)31-8-7-30-16)24-20(25)12-23-22(26)15-10-18(27-2)21(29-4)19(11-15)28-3/h5-6,9-11,13H,7-8,12H2,1-4H3,(H,23,26)(H,24,25). The summed E-state index contributed by atoms with van der Waals surface area (Å²) in [6.07, 6.45) is 0. The fourth-order valence-corrected chi connectivity index (χ4v) is 3.18. The Morgan fingerprint density at radius 2 is 1.61 bits per heavy atom. The lowest BCUT2D eigenvalue weighted by Gasteiger charge is -2.21. The van der Waals surface area contributed by atoms with E-state index in [0.29, 0.717) is 42.0 Å². The van der Waals surface area contributed by atoms with E-state index in [4.69, 9.17) is 23.7 Å². The molecule has 1 unspecified atom stereocenters. The monoisotopic (exact) mass is 430 g/mol. The van der Waals surface area contributed by atoms with Gasteiger partial charge in [0.2, 0.25) is 11.7 Å². The maximum absolute atomic E-state index is 12.5. The normalized spacial score (nSPS) is 13.0. The number of rotatable bonds is 8. The zero-order valence-corrected chi connectivity index (χ0v) is 17.9. The van der Waals surface area contributed by atoms with Crippen molar-refractivity contribution in [1.29, 1.82) is 0 Å². The minimum atomic E-state index is -0.443. The number of amides is 2. The van der Waals surface area contributed by atoms with Crippen LogP contribution in [0.4, 0.5) is 0 Å². The van der Waals surface area contributed by atoms with E-state index in [-0.39, 0.29) is 24.1 Å². The van der Waals surface area contributed by atoms with Crippen molar-refractivity contribution in [2.24, 2.45) is 0 Å². The number of carbonyl (C=O) groups excluding carboxylic acids is 2. The molecule has 1 aliphatic heterocycles. The lowest BCUT2D eigenvalue weighted by Crippen LogP contribution is -2.38. The molecule has 9 nitrogen and oxygen atoms in total. The van der Waals surface area contributed by atoms with Gasteiger partial charge in [0.25, 0.3) is 5.91 Å². The molecule has 2 N–H and O–H groups in total. The van der Waals surface area contributed by atoms with Crippen molar-refractivity contribution in [3.05, 3.63) is 41.5 Å². The molecule has 0 aliphatic carbocycles. The molecule has 1 heterocycles. The molecule has 1 aliphatic rings. The predicted octanol–water partition coefficient (Wildman–Crippen LogP) is 2.09. The summed E-state index contributed by atoms with van der Waals surface area (Å²) in [5, 5.41) is 5.45. The van der Waals surface area contributed by atoms with Crippen LogP contribution in [0, 0.1) is 0 Å². The highest BCUT2D eigenvalue weighted by molar-refractivity contribution is 5.97. The van der Waals surface area contributed by atoms with Gasteiger partial charge in [-0.1, -0.05) is 6.07 Å². The van der Waals surface area contributed by atoms with Crippen LogP contribution in [0.3, 0.4) is 0 Å². The fourth-order valence-electron chi connectivity index (χ4n) is 3.18. The van der Waals surface area contributed by atoms with E-state index >= 15 is 0 Å². The Morgan fingerprint density at radius 3 is 2.23 bits per heavy atom. The quantitative estimate of drug-likeness (QED) is 0.661. The number of carbonyl (C=O) groups is 2.